The summed E-state index contributed by atoms with van der Waals surface area (Å²) in [6.45, 7) is 13.8. The van der Waals surface area contributed by atoms with Crippen LogP contribution in [0.5, 0.6) is 0 Å². The van der Waals surface area contributed by atoms with Gasteiger partial charge in [0.25, 0.3) is 0 Å². The summed E-state index contributed by atoms with van der Waals surface area (Å²) in [6.07, 6.45) is 7.77. The van der Waals surface area contributed by atoms with Crippen molar-refractivity contribution in [2.24, 2.45) is 15.8 Å². The van der Waals surface area contributed by atoms with E-state index in [0.717, 1.165) is 13.1 Å². The van der Waals surface area contributed by atoms with Gasteiger partial charge in [-0.15, -0.1) is 0 Å². The molecule has 2 nitrogen and oxygen atoms in total. The van der Waals surface area contributed by atoms with Gasteiger partial charge < -0.3 is 4.90 Å². The lowest BCUT2D eigenvalue weighted by Crippen LogP contribution is -2.49. The Morgan fingerprint density at radius 1 is 1.16 bits per heavy atom. The van der Waals surface area contributed by atoms with E-state index in [2.05, 4.69) is 46.6 Å². The fraction of sp³-hybridized carbons (Fsp3) is 0.941. The third-order valence-corrected chi connectivity index (χ3v) is 4.39. The molecule has 0 unspecified atom stereocenters. The lowest BCUT2D eigenvalue weighted by atomic mass is 9.77. The van der Waals surface area contributed by atoms with Crippen molar-refractivity contribution in [3.05, 3.63) is 0 Å². The molecule has 0 aromatic carbocycles. The maximum absolute atomic E-state index is 4.98. The van der Waals surface area contributed by atoms with E-state index in [1.165, 1.54) is 44.4 Å². The Morgan fingerprint density at radius 2 is 1.68 bits per heavy atom. The van der Waals surface area contributed by atoms with Crippen LogP contribution >= 0.6 is 0 Å². The summed E-state index contributed by atoms with van der Waals surface area (Å²) >= 11 is 0. The zero-order valence-electron chi connectivity index (χ0n) is 14.1. The minimum absolute atomic E-state index is 0.289. The first-order chi connectivity index (χ1) is 8.84. The van der Waals surface area contributed by atoms with E-state index in [1.54, 1.807) is 0 Å². The summed E-state index contributed by atoms with van der Waals surface area (Å²) in [4.78, 5) is 7.41. The molecule has 0 radical (unpaired) electrons. The molecule has 0 fully saturated rings. The van der Waals surface area contributed by atoms with Gasteiger partial charge in [0.05, 0.1) is 0 Å². The van der Waals surface area contributed by atoms with E-state index in [9.17, 15) is 0 Å². The van der Waals surface area contributed by atoms with E-state index >= 15 is 0 Å². The molecule has 0 amide bonds. The SMILES string of the molecule is CCCCC(C)(CCCC)C1=NCC(C)(C)CN1C. The Kier molecular flexibility index (Phi) is 5.88. The highest BCUT2D eigenvalue weighted by Gasteiger charge is 2.36. The highest BCUT2D eigenvalue weighted by molar-refractivity contribution is 5.88. The molecule has 1 aliphatic rings. The minimum atomic E-state index is 0.289. The topological polar surface area (TPSA) is 15.6 Å². The molecular weight excluding hydrogens is 232 g/mol. The molecule has 19 heavy (non-hydrogen) atoms. The van der Waals surface area contributed by atoms with Crippen LogP contribution in [0.2, 0.25) is 0 Å². The lowest BCUT2D eigenvalue weighted by molar-refractivity contribution is 0.229. The molecule has 0 spiro atoms. The summed E-state index contributed by atoms with van der Waals surface area (Å²) in [5, 5.41) is 0. The number of hydrogen-bond acceptors (Lipinski definition) is 2. The van der Waals surface area contributed by atoms with Gasteiger partial charge in [0.2, 0.25) is 0 Å². The third-order valence-electron chi connectivity index (χ3n) is 4.39. The number of aliphatic imine (C=N–C) groups is 1. The predicted molar refractivity (Wildman–Crippen MR) is 85.9 cm³/mol. The van der Waals surface area contributed by atoms with Crippen molar-refractivity contribution in [3.63, 3.8) is 0 Å². The Bertz CT molecular complexity index is 296. The molecule has 0 bridgehead atoms. The average Bonchev–Trinajstić information content (AvgIpc) is 2.32. The molecular formula is C17H34N2. The Morgan fingerprint density at radius 3 is 2.11 bits per heavy atom. The van der Waals surface area contributed by atoms with Gasteiger partial charge in [-0.05, 0) is 12.8 Å². The fourth-order valence-corrected chi connectivity index (χ4v) is 3.31. The first-order valence-electron chi connectivity index (χ1n) is 8.11. The van der Waals surface area contributed by atoms with Gasteiger partial charge in [-0.25, -0.2) is 0 Å². The molecule has 1 heterocycles. The van der Waals surface area contributed by atoms with E-state index in [4.69, 9.17) is 4.99 Å². The van der Waals surface area contributed by atoms with Crippen molar-refractivity contribution >= 4 is 5.84 Å². The smallest absolute Gasteiger partial charge is 0.105 e. The second kappa shape index (κ2) is 6.76. The minimum Gasteiger partial charge on any atom is -0.362 e. The first kappa shape index (κ1) is 16.5. The molecule has 2 heteroatoms. The summed E-state index contributed by atoms with van der Waals surface area (Å²) < 4.78 is 0. The number of amidine groups is 1. The van der Waals surface area contributed by atoms with Gasteiger partial charge in [-0.3, -0.25) is 4.99 Å². The molecule has 0 atom stereocenters. The van der Waals surface area contributed by atoms with Crippen LogP contribution in [-0.2, 0) is 0 Å². The van der Waals surface area contributed by atoms with Gasteiger partial charge in [0.1, 0.15) is 5.84 Å². The van der Waals surface area contributed by atoms with Crippen molar-refractivity contribution in [2.75, 3.05) is 20.1 Å². The van der Waals surface area contributed by atoms with Crippen LogP contribution in [0.1, 0.15) is 73.1 Å². The zero-order valence-corrected chi connectivity index (χ0v) is 14.1. The summed E-state index contributed by atoms with van der Waals surface area (Å²) in [5.41, 5.74) is 0.617. The van der Waals surface area contributed by atoms with Gasteiger partial charge in [0, 0.05) is 31.0 Å². The standard InChI is InChI=1S/C17H34N2/c1-7-9-11-17(5,12-10-8-2)15-18-13-16(3,4)14-19(15)6/h7-14H2,1-6H3. The van der Waals surface area contributed by atoms with Gasteiger partial charge >= 0.3 is 0 Å². The van der Waals surface area contributed by atoms with Crippen LogP contribution in [0.25, 0.3) is 0 Å². The summed E-state index contributed by atoms with van der Waals surface area (Å²) in [5.74, 6) is 1.37. The van der Waals surface area contributed by atoms with E-state index in [1.807, 2.05) is 0 Å². The number of unbranched alkanes of at least 4 members (excludes halogenated alkanes) is 2. The highest BCUT2D eigenvalue weighted by Crippen LogP contribution is 2.36. The van der Waals surface area contributed by atoms with Gasteiger partial charge in [0.15, 0.2) is 0 Å². The Hall–Kier alpha value is -0.530. The monoisotopic (exact) mass is 266 g/mol. The largest absolute Gasteiger partial charge is 0.362 e. The van der Waals surface area contributed by atoms with Crippen LogP contribution in [0.3, 0.4) is 0 Å². The van der Waals surface area contributed by atoms with Crippen molar-refractivity contribution in [1.29, 1.82) is 0 Å². The van der Waals surface area contributed by atoms with Gasteiger partial charge in [-0.2, -0.15) is 0 Å². The molecule has 1 aliphatic heterocycles. The van der Waals surface area contributed by atoms with Gasteiger partial charge in [-0.1, -0.05) is 60.3 Å². The van der Waals surface area contributed by atoms with Crippen molar-refractivity contribution in [2.45, 2.75) is 73.1 Å². The number of hydrogen-bond donors (Lipinski definition) is 0. The Labute approximate surface area is 120 Å². The van der Waals surface area contributed by atoms with Crippen molar-refractivity contribution in [3.8, 4) is 0 Å². The molecule has 0 saturated carbocycles. The number of nitrogens with zero attached hydrogens (tertiary/aromatic N) is 2. The second-order valence-corrected chi connectivity index (χ2v) is 7.43. The van der Waals surface area contributed by atoms with E-state index in [-0.39, 0.29) is 5.41 Å². The fourth-order valence-electron chi connectivity index (χ4n) is 3.31. The molecule has 0 aromatic rings. The number of rotatable bonds is 7. The average molecular weight is 266 g/mol. The molecule has 0 aromatic heterocycles. The maximum atomic E-state index is 4.98. The van der Waals surface area contributed by atoms with E-state index in [0.29, 0.717) is 5.41 Å². The molecule has 1 rings (SSSR count). The molecule has 112 valence electrons. The first-order valence-corrected chi connectivity index (χ1v) is 8.11. The van der Waals surface area contributed by atoms with Crippen LogP contribution in [0.4, 0.5) is 0 Å². The highest BCUT2D eigenvalue weighted by atomic mass is 15.2. The van der Waals surface area contributed by atoms with Crippen molar-refractivity contribution < 1.29 is 0 Å². The summed E-state index contributed by atoms with van der Waals surface area (Å²) in [7, 11) is 2.23. The molecule has 0 aliphatic carbocycles. The maximum Gasteiger partial charge on any atom is 0.105 e. The zero-order chi connectivity index (χ0) is 14.5. The van der Waals surface area contributed by atoms with E-state index < -0.39 is 0 Å². The van der Waals surface area contributed by atoms with Crippen LogP contribution in [0, 0.1) is 10.8 Å². The molecule has 0 saturated heterocycles. The van der Waals surface area contributed by atoms with Crippen LogP contribution in [0.15, 0.2) is 4.99 Å². The van der Waals surface area contributed by atoms with Crippen molar-refractivity contribution in [1.82, 2.24) is 4.90 Å². The predicted octanol–water partition coefficient (Wildman–Crippen LogP) is 4.74. The quantitative estimate of drug-likeness (QED) is 0.649. The van der Waals surface area contributed by atoms with Crippen LogP contribution in [-0.4, -0.2) is 30.9 Å². The third kappa shape index (κ3) is 4.50. The van der Waals surface area contributed by atoms with Crippen LogP contribution < -0.4 is 0 Å². The normalized spacial score (nSPS) is 19.5. The lowest BCUT2D eigenvalue weighted by Gasteiger charge is -2.43. The molecule has 0 N–H and O–H groups in total. The second-order valence-electron chi connectivity index (χ2n) is 7.43. The Balaban J connectivity index is 2.87. The summed E-state index contributed by atoms with van der Waals surface area (Å²) in [6, 6.07) is 0.